The number of carbonyl (C=O) groups is 3. The van der Waals surface area contributed by atoms with E-state index in [0.717, 1.165) is 6.26 Å². The van der Waals surface area contributed by atoms with Gasteiger partial charge in [0.05, 0.1) is 36.0 Å². The van der Waals surface area contributed by atoms with E-state index >= 15 is 0 Å². The molecule has 0 fully saturated rings. The molecule has 0 saturated carbocycles. The van der Waals surface area contributed by atoms with Gasteiger partial charge in [0.1, 0.15) is 12.0 Å². The van der Waals surface area contributed by atoms with E-state index in [1.54, 1.807) is 48.5 Å². The highest BCUT2D eigenvalue weighted by molar-refractivity contribution is 6.20. The van der Waals surface area contributed by atoms with Crippen LogP contribution < -0.4 is 21.1 Å². The molecule has 40 heavy (non-hydrogen) atoms. The molecule has 0 saturated heterocycles. The number of hydrogen-bond acceptors (Lipinski definition) is 7. The Morgan fingerprint density at radius 3 is 2.50 bits per heavy atom. The number of benzodiazepines with no additional fused rings is 1. The van der Waals surface area contributed by atoms with E-state index < -0.39 is 54.7 Å². The lowest BCUT2D eigenvalue weighted by Crippen LogP contribution is -2.47. The second-order valence-electron chi connectivity index (χ2n) is 9.12. The van der Waals surface area contributed by atoms with Crippen molar-refractivity contribution in [2.45, 2.75) is 38.0 Å². The fourth-order valence-corrected chi connectivity index (χ4v) is 4.58. The van der Waals surface area contributed by atoms with E-state index in [4.69, 9.17) is 15.0 Å². The zero-order valence-electron chi connectivity index (χ0n) is 21.5. The Bertz CT molecular complexity index is 1440. The Balaban J connectivity index is 1.75. The summed E-state index contributed by atoms with van der Waals surface area (Å²) in [5.41, 5.74) is 7.56. The average molecular weight is 558 g/mol. The normalized spacial score (nSPS) is 16.6. The van der Waals surface area contributed by atoms with Crippen LogP contribution in [0.3, 0.4) is 0 Å². The number of alkyl halides is 3. The van der Waals surface area contributed by atoms with Crippen LogP contribution in [0.1, 0.15) is 41.1 Å². The fraction of sp³-hybridized carbons (Fsp3) is 0.296. The number of aryl methyl sites for hydroxylation is 1. The third-order valence-corrected chi connectivity index (χ3v) is 6.49. The number of rotatable bonds is 9. The van der Waals surface area contributed by atoms with Crippen LogP contribution in [0, 0.1) is 12.8 Å². The lowest BCUT2D eigenvalue weighted by Gasteiger charge is -2.25. The van der Waals surface area contributed by atoms with Crippen molar-refractivity contribution in [1.82, 2.24) is 10.5 Å². The van der Waals surface area contributed by atoms with Crippen LogP contribution in [0.15, 0.2) is 64.3 Å². The molecule has 3 atom stereocenters. The molecule has 10 nitrogen and oxygen atoms in total. The molecule has 1 aliphatic rings. The quantitative estimate of drug-likeness (QED) is 0.367. The van der Waals surface area contributed by atoms with E-state index in [1.807, 2.05) is 0 Å². The summed E-state index contributed by atoms with van der Waals surface area (Å²) in [5, 5.41) is 8.78. The number of hydrogen-bond donors (Lipinski definition) is 3. The lowest BCUT2D eigenvalue weighted by atomic mass is 9.82. The van der Waals surface area contributed by atoms with Crippen LogP contribution in [-0.2, 0) is 14.4 Å². The van der Waals surface area contributed by atoms with Crippen molar-refractivity contribution in [3.63, 3.8) is 0 Å². The molecule has 2 heterocycles. The zero-order valence-corrected chi connectivity index (χ0v) is 21.5. The number of benzene rings is 2. The molecule has 0 bridgehead atoms. The Morgan fingerprint density at radius 2 is 1.90 bits per heavy atom. The number of ether oxygens (including phenoxy) is 1. The first-order chi connectivity index (χ1) is 19.0. The van der Waals surface area contributed by atoms with Crippen LogP contribution in [-0.4, -0.2) is 48.0 Å². The minimum atomic E-state index is -4.62. The molecule has 4 N–H and O–H groups in total. The Hall–Kier alpha value is -4.68. The molecule has 0 unspecified atom stereocenters. The van der Waals surface area contributed by atoms with Crippen molar-refractivity contribution < 1.29 is 36.8 Å². The fourth-order valence-electron chi connectivity index (χ4n) is 4.58. The zero-order chi connectivity index (χ0) is 29.0. The number of aromatic nitrogens is 1. The summed E-state index contributed by atoms with van der Waals surface area (Å²) < 4.78 is 49.9. The summed E-state index contributed by atoms with van der Waals surface area (Å²) in [7, 11) is 1.42. The largest absolute Gasteiger partial charge is 0.495 e. The maximum atomic E-state index is 13.6. The topological polar surface area (TPSA) is 149 Å². The number of primary amides is 1. The molecule has 13 heteroatoms. The molecule has 3 amide bonds. The van der Waals surface area contributed by atoms with Crippen molar-refractivity contribution in [2.75, 3.05) is 12.4 Å². The predicted molar refractivity (Wildman–Crippen MR) is 138 cm³/mol. The lowest BCUT2D eigenvalue weighted by molar-refractivity contribution is -0.144. The van der Waals surface area contributed by atoms with E-state index in [1.165, 1.54) is 14.0 Å². The molecular formula is C27H26F3N5O5. The first-order valence-electron chi connectivity index (χ1n) is 12.2. The third kappa shape index (κ3) is 6.14. The van der Waals surface area contributed by atoms with Crippen molar-refractivity contribution in [1.29, 1.82) is 0 Å². The second kappa shape index (κ2) is 11.6. The van der Waals surface area contributed by atoms with Crippen LogP contribution in [0.2, 0.25) is 0 Å². The van der Waals surface area contributed by atoms with Gasteiger partial charge < -0.3 is 25.6 Å². The van der Waals surface area contributed by atoms with E-state index in [-0.39, 0.29) is 11.3 Å². The number of para-hydroxylation sites is 1. The van der Waals surface area contributed by atoms with Crippen LogP contribution in [0.25, 0.3) is 0 Å². The van der Waals surface area contributed by atoms with Gasteiger partial charge in [-0.1, -0.05) is 47.6 Å². The number of nitrogens with two attached hydrogens (primary N) is 1. The maximum Gasteiger partial charge on any atom is 0.389 e. The number of methoxy groups -OCH3 is 1. The van der Waals surface area contributed by atoms with Crippen molar-refractivity contribution >= 4 is 29.1 Å². The van der Waals surface area contributed by atoms with E-state index in [2.05, 4.69) is 20.8 Å². The molecule has 4 rings (SSSR count). The SMILES string of the molecule is COc1cccc2c1NC(=O)[C@@H](NC(=O)[C@H](CCC(F)(F)F)[C@@H](C(N)=O)c1conc1C)N=C2c1ccccc1. The van der Waals surface area contributed by atoms with Gasteiger partial charge in [0.2, 0.25) is 18.0 Å². The maximum absolute atomic E-state index is 13.6. The van der Waals surface area contributed by atoms with Crippen molar-refractivity contribution in [3.05, 3.63) is 77.2 Å². The highest BCUT2D eigenvalue weighted by Crippen LogP contribution is 2.35. The minimum Gasteiger partial charge on any atom is -0.495 e. The summed E-state index contributed by atoms with van der Waals surface area (Å²) in [6.45, 7) is 1.47. The van der Waals surface area contributed by atoms with Gasteiger partial charge in [0.25, 0.3) is 5.91 Å². The highest BCUT2D eigenvalue weighted by atomic mass is 19.4. The summed E-state index contributed by atoms with van der Waals surface area (Å²) in [4.78, 5) is 43.8. The smallest absolute Gasteiger partial charge is 0.389 e. The Morgan fingerprint density at radius 1 is 1.18 bits per heavy atom. The summed E-state index contributed by atoms with van der Waals surface area (Å²) in [6, 6.07) is 13.9. The predicted octanol–water partition coefficient (Wildman–Crippen LogP) is 3.45. The third-order valence-electron chi connectivity index (χ3n) is 6.49. The van der Waals surface area contributed by atoms with E-state index in [9.17, 15) is 27.6 Å². The summed E-state index contributed by atoms with van der Waals surface area (Å²) in [6.07, 6.45) is -7.29. The molecular weight excluding hydrogens is 531 g/mol. The van der Waals surface area contributed by atoms with Gasteiger partial charge in [-0.3, -0.25) is 14.4 Å². The number of amides is 3. The van der Waals surface area contributed by atoms with Gasteiger partial charge in [-0.25, -0.2) is 4.99 Å². The number of nitrogens with one attached hydrogen (secondary N) is 2. The number of nitrogens with zero attached hydrogens (tertiary/aromatic N) is 2. The van der Waals surface area contributed by atoms with Crippen molar-refractivity contribution in [3.8, 4) is 5.75 Å². The minimum absolute atomic E-state index is 0.0748. The van der Waals surface area contributed by atoms with Gasteiger partial charge in [-0.2, -0.15) is 13.2 Å². The van der Waals surface area contributed by atoms with E-state index in [0.29, 0.717) is 28.3 Å². The van der Waals surface area contributed by atoms with Gasteiger partial charge in [-0.05, 0) is 19.4 Å². The number of halogens is 3. The monoisotopic (exact) mass is 557 g/mol. The van der Waals surface area contributed by atoms with Crippen molar-refractivity contribution in [2.24, 2.45) is 16.6 Å². The number of aliphatic imine (C=N–C) groups is 1. The van der Waals surface area contributed by atoms with Crippen LogP contribution in [0.5, 0.6) is 5.75 Å². The molecule has 210 valence electrons. The first-order valence-corrected chi connectivity index (χ1v) is 12.2. The molecule has 2 aromatic carbocycles. The standard InChI is InChI=1S/C27H26F3N5O5/c1-14-18(13-40-35-14)20(23(31)36)16(11-12-27(28,29)30)25(37)34-24-26(38)33-22-17(9-6-10-19(22)39-2)21(32-24)15-7-4-3-5-8-15/h3-10,13,16,20,24H,11-12H2,1-2H3,(H2,31,36)(H,33,38)(H,34,37)/t16-,20-,24-/m1/s1. The summed E-state index contributed by atoms with van der Waals surface area (Å²) in [5.74, 6) is -5.62. The van der Waals surface area contributed by atoms with Crippen LogP contribution in [0.4, 0.5) is 18.9 Å². The highest BCUT2D eigenvalue weighted by Gasteiger charge is 2.41. The number of carbonyl (C=O) groups excluding carboxylic acids is 3. The molecule has 3 aromatic rings. The summed E-state index contributed by atoms with van der Waals surface area (Å²) >= 11 is 0. The van der Waals surface area contributed by atoms with Crippen LogP contribution >= 0.6 is 0 Å². The Kier molecular flexibility index (Phi) is 8.21. The molecule has 0 aliphatic carbocycles. The average Bonchev–Trinajstić information content (AvgIpc) is 3.27. The number of anilines is 1. The number of fused-ring (bicyclic) bond motifs is 1. The van der Waals surface area contributed by atoms with Gasteiger partial charge in [-0.15, -0.1) is 0 Å². The molecule has 0 radical (unpaired) electrons. The Labute approximate surface area is 226 Å². The van der Waals surface area contributed by atoms with Gasteiger partial charge >= 0.3 is 6.18 Å². The second-order valence-corrected chi connectivity index (χ2v) is 9.12. The molecule has 0 spiro atoms. The van der Waals surface area contributed by atoms with Gasteiger partial charge in [0.15, 0.2) is 0 Å². The molecule has 1 aliphatic heterocycles. The van der Waals surface area contributed by atoms with Gasteiger partial charge in [0, 0.05) is 23.1 Å². The first kappa shape index (κ1) is 28.3. The molecule has 1 aromatic heterocycles.